The maximum absolute atomic E-state index is 5.41. The molecule has 12 heavy (non-hydrogen) atoms. The highest BCUT2D eigenvalue weighted by Crippen LogP contribution is 2.39. The van der Waals surface area contributed by atoms with E-state index >= 15 is 0 Å². The molecule has 0 aliphatic heterocycles. The summed E-state index contributed by atoms with van der Waals surface area (Å²) in [4.78, 5) is 0. The summed E-state index contributed by atoms with van der Waals surface area (Å²) in [7, 11) is -1.25. The van der Waals surface area contributed by atoms with Crippen molar-refractivity contribution in [3.8, 4) is 24.7 Å². The Labute approximate surface area is 76.1 Å². The Morgan fingerprint density at radius 3 is 2.25 bits per heavy atom. The number of hydrogen-bond donors (Lipinski definition) is 0. The van der Waals surface area contributed by atoms with E-state index in [4.69, 9.17) is 12.8 Å². The third-order valence-corrected chi connectivity index (χ3v) is 4.53. The molecule has 0 bridgehead atoms. The van der Waals surface area contributed by atoms with Gasteiger partial charge >= 0.3 is 0 Å². The molecule has 62 valence electrons. The minimum atomic E-state index is -1.25. The number of rotatable bonds is 1. The van der Waals surface area contributed by atoms with Crippen LogP contribution in [-0.4, -0.2) is 8.07 Å². The predicted molar refractivity (Wildman–Crippen MR) is 56.1 cm³/mol. The molecule has 0 radical (unpaired) electrons. The third kappa shape index (κ3) is 1.33. The van der Waals surface area contributed by atoms with Crippen molar-refractivity contribution in [2.24, 2.45) is 5.92 Å². The summed E-state index contributed by atoms with van der Waals surface area (Å²) < 4.78 is 0. The van der Waals surface area contributed by atoms with Gasteiger partial charge in [-0.05, 0) is 12.0 Å². The van der Waals surface area contributed by atoms with Crippen LogP contribution in [0.4, 0.5) is 0 Å². The summed E-state index contributed by atoms with van der Waals surface area (Å²) >= 11 is 0. The molecular formula is C11H14Si. The lowest BCUT2D eigenvalue weighted by molar-refractivity contribution is 0.726. The Morgan fingerprint density at radius 1 is 1.33 bits per heavy atom. The van der Waals surface area contributed by atoms with Crippen molar-refractivity contribution in [1.82, 2.24) is 0 Å². The first-order valence-electron chi connectivity index (χ1n) is 4.17. The molecule has 0 nitrogen and oxygen atoms in total. The zero-order valence-corrected chi connectivity index (χ0v) is 8.94. The average Bonchev–Trinajstić information content (AvgIpc) is 1.83. The molecule has 0 aromatic carbocycles. The van der Waals surface area contributed by atoms with Gasteiger partial charge in [0, 0.05) is 5.92 Å². The van der Waals surface area contributed by atoms with Crippen LogP contribution in [0.1, 0.15) is 6.42 Å². The fourth-order valence-corrected chi connectivity index (χ4v) is 4.06. The van der Waals surface area contributed by atoms with Gasteiger partial charge in [0.15, 0.2) is 0 Å². The zero-order chi connectivity index (χ0) is 9.35. The zero-order valence-electron chi connectivity index (χ0n) is 7.94. The van der Waals surface area contributed by atoms with Gasteiger partial charge in [-0.3, -0.25) is 0 Å². The first kappa shape index (κ1) is 9.17. The molecule has 0 N–H and O–H groups in total. The number of allylic oxidation sites excluding steroid dienone is 2. The number of hydrogen-bond acceptors (Lipinski definition) is 0. The molecule has 1 rings (SSSR count). The van der Waals surface area contributed by atoms with Crippen LogP contribution < -0.4 is 0 Å². The van der Waals surface area contributed by atoms with E-state index in [2.05, 4.69) is 31.5 Å². The standard InChI is InChI=1S/C11H14Si/c1-6-9-8-10(7-2)11(9)12(3,4)5/h1-2,9H,8H2,3-5H3. The SMILES string of the molecule is C#CC1=C([Si](C)(C)C)C(C#C)C1. The van der Waals surface area contributed by atoms with E-state index in [1.165, 1.54) is 10.8 Å². The van der Waals surface area contributed by atoms with Gasteiger partial charge in [0.25, 0.3) is 0 Å². The Morgan fingerprint density at radius 2 is 1.92 bits per heavy atom. The minimum absolute atomic E-state index is 0.350. The predicted octanol–water partition coefficient (Wildman–Crippen LogP) is 2.45. The normalized spacial score (nSPS) is 22.6. The van der Waals surface area contributed by atoms with Crippen LogP contribution in [0.5, 0.6) is 0 Å². The quantitative estimate of drug-likeness (QED) is 0.423. The van der Waals surface area contributed by atoms with Crippen LogP contribution in [0.3, 0.4) is 0 Å². The van der Waals surface area contributed by atoms with Crippen molar-refractivity contribution in [3.05, 3.63) is 10.8 Å². The maximum Gasteiger partial charge on any atom is 0.0752 e. The molecular weight excluding hydrogens is 160 g/mol. The molecule has 0 spiro atoms. The Bertz CT molecular complexity index is 301. The van der Waals surface area contributed by atoms with Crippen molar-refractivity contribution in [1.29, 1.82) is 0 Å². The van der Waals surface area contributed by atoms with Gasteiger partial charge in [0.2, 0.25) is 0 Å². The Kier molecular flexibility index (Phi) is 2.17. The highest BCUT2D eigenvalue weighted by Gasteiger charge is 2.35. The van der Waals surface area contributed by atoms with E-state index in [0.29, 0.717) is 5.92 Å². The van der Waals surface area contributed by atoms with Crippen LogP contribution >= 0.6 is 0 Å². The van der Waals surface area contributed by atoms with E-state index in [1.54, 1.807) is 0 Å². The fourth-order valence-electron chi connectivity index (χ4n) is 1.75. The number of terminal acetylenes is 2. The van der Waals surface area contributed by atoms with Gasteiger partial charge in [-0.25, -0.2) is 0 Å². The van der Waals surface area contributed by atoms with Crippen molar-refractivity contribution in [3.63, 3.8) is 0 Å². The van der Waals surface area contributed by atoms with Crippen LogP contribution in [0.15, 0.2) is 10.8 Å². The lowest BCUT2D eigenvalue weighted by Gasteiger charge is -2.35. The van der Waals surface area contributed by atoms with Gasteiger partial charge in [-0.1, -0.05) is 36.7 Å². The smallest absolute Gasteiger partial charge is 0.0752 e. The molecule has 1 heteroatoms. The second-order valence-electron chi connectivity index (χ2n) is 4.21. The van der Waals surface area contributed by atoms with E-state index in [-0.39, 0.29) is 0 Å². The van der Waals surface area contributed by atoms with Crippen LogP contribution in [0, 0.1) is 30.6 Å². The topological polar surface area (TPSA) is 0 Å². The van der Waals surface area contributed by atoms with Crippen LogP contribution in [-0.2, 0) is 0 Å². The van der Waals surface area contributed by atoms with Crippen LogP contribution in [0.25, 0.3) is 0 Å². The molecule has 0 saturated heterocycles. The molecule has 0 fully saturated rings. The minimum Gasteiger partial charge on any atom is -0.119 e. The summed E-state index contributed by atoms with van der Waals surface area (Å²) in [5, 5.41) is 1.42. The third-order valence-electron chi connectivity index (χ3n) is 2.27. The fraction of sp³-hybridized carbons (Fsp3) is 0.455. The highest BCUT2D eigenvalue weighted by molar-refractivity contribution is 6.83. The van der Waals surface area contributed by atoms with Crippen molar-refractivity contribution >= 4 is 8.07 Å². The molecule has 0 saturated carbocycles. The summed E-state index contributed by atoms with van der Waals surface area (Å²) in [6.45, 7) is 6.88. The summed E-state index contributed by atoms with van der Waals surface area (Å²) in [5.41, 5.74) is 1.18. The first-order chi connectivity index (χ1) is 5.50. The molecule has 0 amide bonds. The summed E-state index contributed by atoms with van der Waals surface area (Å²) in [6, 6.07) is 0. The molecule has 1 atom stereocenters. The highest BCUT2D eigenvalue weighted by atomic mass is 28.3. The van der Waals surface area contributed by atoms with Gasteiger partial charge in [-0.15, -0.1) is 12.8 Å². The molecule has 0 aromatic rings. The lowest BCUT2D eigenvalue weighted by Crippen LogP contribution is -2.35. The second-order valence-corrected chi connectivity index (χ2v) is 9.25. The van der Waals surface area contributed by atoms with E-state index in [1.807, 2.05) is 0 Å². The monoisotopic (exact) mass is 174 g/mol. The van der Waals surface area contributed by atoms with Gasteiger partial charge in [0.1, 0.15) is 0 Å². The molecule has 1 aliphatic rings. The van der Waals surface area contributed by atoms with E-state index < -0.39 is 8.07 Å². The van der Waals surface area contributed by atoms with Crippen molar-refractivity contribution < 1.29 is 0 Å². The summed E-state index contributed by atoms with van der Waals surface area (Å²) in [6.07, 6.45) is 11.7. The Balaban J connectivity index is 3.03. The van der Waals surface area contributed by atoms with Crippen LogP contribution in [0.2, 0.25) is 19.6 Å². The molecule has 1 unspecified atom stereocenters. The lowest BCUT2D eigenvalue weighted by atomic mass is 9.87. The maximum atomic E-state index is 5.41. The first-order valence-corrected chi connectivity index (χ1v) is 7.67. The van der Waals surface area contributed by atoms with Crippen molar-refractivity contribution in [2.75, 3.05) is 0 Å². The molecule has 1 aliphatic carbocycles. The largest absolute Gasteiger partial charge is 0.119 e. The van der Waals surface area contributed by atoms with E-state index in [0.717, 1.165) is 6.42 Å². The van der Waals surface area contributed by atoms with E-state index in [9.17, 15) is 0 Å². The van der Waals surface area contributed by atoms with Gasteiger partial charge < -0.3 is 0 Å². The second kappa shape index (κ2) is 2.85. The van der Waals surface area contributed by atoms with Crippen molar-refractivity contribution in [2.45, 2.75) is 26.1 Å². The van der Waals surface area contributed by atoms with Gasteiger partial charge in [-0.2, -0.15) is 0 Å². The summed E-state index contributed by atoms with van der Waals surface area (Å²) in [5.74, 6) is 5.89. The molecule has 0 heterocycles. The molecule has 0 aromatic heterocycles. The van der Waals surface area contributed by atoms with Gasteiger partial charge in [0.05, 0.1) is 8.07 Å². The Hall–Kier alpha value is -0.923. The average molecular weight is 174 g/mol.